The molecule has 4 rings (SSSR count). The molecule has 1 heterocycles. The molecular formula is C20H29IN4O2. The Morgan fingerprint density at radius 1 is 1.22 bits per heavy atom. The van der Waals surface area contributed by atoms with E-state index in [4.69, 9.17) is 4.74 Å². The van der Waals surface area contributed by atoms with Gasteiger partial charge < -0.3 is 19.9 Å². The molecule has 0 radical (unpaired) electrons. The van der Waals surface area contributed by atoms with Gasteiger partial charge in [0.15, 0.2) is 5.96 Å². The number of carbonyl (C=O) groups excluding carboxylic acids is 1. The normalized spacial score (nSPS) is 20.8. The van der Waals surface area contributed by atoms with Gasteiger partial charge >= 0.3 is 0 Å². The first-order valence-corrected chi connectivity index (χ1v) is 9.74. The number of ether oxygens (including phenoxy) is 1. The molecule has 0 bridgehead atoms. The van der Waals surface area contributed by atoms with Crippen molar-refractivity contribution in [3.63, 3.8) is 0 Å². The fourth-order valence-corrected chi connectivity index (χ4v) is 3.58. The average molecular weight is 484 g/mol. The van der Waals surface area contributed by atoms with Gasteiger partial charge in [0.05, 0.1) is 12.6 Å². The molecule has 2 saturated carbocycles. The Morgan fingerprint density at radius 3 is 2.63 bits per heavy atom. The third-order valence-electron chi connectivity index (χ3n) is 5.51. The van der Waals surface area contributed by atoms with Crippen molar-refractivity contribution in [1.29, 1.82) is 0 Å². The Kier molecular flexibility index (Phi) is 6.83. The number of aliphatic imine (C=N–C) groups is 1. The SMILES string of the molecule is CN=C(NCc1ccccc1OC1CCC1)N1CCN(C2CC2)C(=O)C1.I. The molecule has 3 fully saturated rings. The molecule has 0 unspecified atom stereocenters. The topological polar surface area (TPSA) is 57.2 Å². The van der Waals surface area contributed by atoms with Crippen LogP contribution in [0, 0.1) is 0 Å². The van der Waals surface area contributed by atoms with E-state index < -0.39 is 0 Å². The van der Waals surface area contributed by atoms with E-state index in [1.807, 2.05) is 23.1 Å². The second-order valence-electron chi connectivity index (χ2n) is 7.42. The number of piperazine rings is 1. The van der Waals surface area contributed by atoms with Crippen LogP contribution in [-0.2, 0) is 11.3 Å². The highest BCUT2D eigenvalue weighted by Crippen LogP contribution is 2.29. The summed E-state index contributed by atoms with van der Waals surface area (Å²) in [4.78, 5) is 20.8. The minimum atomic E-state index is 0. The number of guanidine groups is 1. The molecule has 1 aliphatic heterocycles. The van der Waals surface area contributed by atoms with Gasteiger partial charge in [0.2, 0.25) is 5.91 Å². The van der Waals surface area contributed by atoms with Crippen molar-refractivity contribution in [2.75, 3.05) is 26.7 Å². The van der Waals surface area contributed by atoms with Crippen LogP contribution in [0.4, 0.5) is 0 Å². The summed E-state index contributed by atoms with van der Waals surface area (Å²) in [6.07, 6.45) is 6.25. The number of halogens is 1. The highest BCUT2D eigenvalue weighted by molar-refractivity contribution is 14.0. The number of carbonyl (C=O) groups is 1. The standard InChI is InChI=1S/C20H28N4O2.HI/c1-21-20(23-11-12-24(16-9-10-16)19(25)14-23)22-13-15-5-2-3-8-18(15)26-17-6-4-7-17;/h2-3,5,8,16-17H,4,6-7,9-14H2,1H3,(H,21,22);1H. The molecule has 2 aliphatic carbocycles. The van der Waals surface area contributed by atoms with Crippen molar-refractivity contribution in [2.45, 2.75) is 50.8 Å². The summed E-state index contributed by atoms with van der Waals surface area (Å²) in [6, 6.07) is 8.67. The number of nitrogens with one attached hydrogen (secondary N) is 1. The van der Waals surface area contributed by atoms with Crippen molar-refractivity contribution < 1.29 is 9.53 Å². The van der Waals surface area contributed by atoms with Crippen LogP contribution >= 0.6 is 24.0 Å². The zero-order valence-corrected chi connectivity index (χ0v) is 18.2. The van der Waals surface area contributed by atoms with Crippen LogP contribution in [-0.4, -0.2) is 60.5 Å². The predicted molar refractivity (Wildman–Crippen MR) is 117 cm³/mol. The van der Waals surface area contributed by atoms with Gasteiger partial charge in [-0.15, -0.1) is 24.0 Å². The molecule has 27 heavy (non-hydrogen) atoms. The number of amides is 1. The molecule has 7 heteroatoms. The summed E-state index contributed by atoms with van der Waals surface area (Å²) >= 11 is 0. The predicted octanol–water partition coefficient (Wildman–Crippen LogP) is 2.62. The second kappa shape index (κ2) is 9.12. The Hall–Kier alpha value is -1.51. The number of hydrogen-bond donors (Lipinski definition) is 1. The molecule has 1 N–H and O–H groups in total. The molecule has 1 saturated heterocycles. The van der Waals surface area contributed by atoms with Gasteiger partial charge in [-0.25, -0.2) is 0 Å². The van der Waals surface area contributed by atoms with Gasteiger partial charge in [0.25, 0.3) is 0 Å². The fourth-order valence-electron chi connectivity index (χ4n) is 3.58. The van der Waals surface area contributed by atoms with E-state index in [0.717, 1.165) is 56.0 Å². The van der Waals surface area contributed by atoms with E-state index in [0.29, 0.717) is 25.2 Å². The highest BCUT2D eigenvalue weighted by atomic mass is 127. The largest absolute Gasteiger partial charge is 0.490 e. The zero-order valence-electron chi connectivity index (χ0n) is 15.9. The lowest BCUT2D eigenvalue weighted by Crippen LogP contribution is -2.55. The second-order valence-corrected chi connectivity index (χ2v) is 7.42. The quantitative estimate of drug-likeness (QED) is 0.397. The summed E-state index contributed by atoms with van der Waals surface area (Å²) in [6.45, 7) is 2.69. The number of benzene rings is 1. The van der Waals surface area contributed by atoms with Gasteiger partial charge in [-0.05, 0) is 38.2 Å². The highest BCUT2D eigenvalue weighted by Gasteiger charge is 2.36. The Labute approximate surface area is 178 Å². The third kappa shape index (κ3) is 4.86. The van der Waals surface area contributed by atoms with E-state index in [1.165, 1.54) is 6.42 Å². The maximum atomic E-state index is 12.4. The molecule has 3 aliphatic rings. The summed E-state index contributed by atoms with van der Waals surface area (Å²) in [5.74, 6) is 1.96. The monoisotopic (exact) mass is 484 g/mol. The van der Waals surface area contributed by atoms with Crippen molar-refractivity contribution >= 4 is 35.8 Å². The van der Waals surface area contributed by atoms with Crippen LogP contribution in [0.25, 0.3) is 0 Å². The third-order valence-corrected chi connectivity index (χ3v) is 5.51. The van der Waals surface area contributed by atoms with Gasteiger partial charge in [-0.1, -0.05) is 18.2 Å². The molecule has 0 aromatic heterocycles. The lowest BCUT2D eigenvalue weighted by molar-refractivity contribution is -0.135. The van der Waals surface area contributed by atoms with Gasteiger partial charge in [0, 0.05) is 38.3 Å². The Morgan fingerprint density at radius 2 is 2.00 bits per heavy atom. The van der Waals surface area contributed by atoms with Crippen molar-refractivity contribution in [2.24, 2.45) is 4.99 Å². The van der Waals surface area contributed by atoms with Crippen LogP contribution in [0.15, 0.2) is 29.3 Å². The van der Waals surface area contributed by atoms with Gasteiger partial charge in [-0.2, -0.15) is 0 Å². The lowest BCUT2D eigenvalue weighted by atomic mass is 9.96. The molecule has 0 spiro atoms. The van der Waals surface area contributed by atoms with E-state index in [1.54, 1.807) is 7.05 Å². The van der Waals surface area contributed by atoms with E-state index in [-0.39, 0.29) is 29.9 Å². The number of rotatable bonds is 5. The first kappa shape index (κ1) is 20.2. The summed E-state index contributed by atoms with van der Waals surface area (Å²) in [7, 11) is 1.77. The maximum Gasteiger partial charge on any atom is 0.242 e. The van der Waals surface area contributed by atoms with E-state index in [9.17, 15) is 4.79 Å². The van der Waals surface area contributed by atoms with Crippen molar-refractivity contribution in [1.82, 2.24) is 15.1 Å². The van der Waals surface area contributed by atoms with Gasteiger partial charge in [-0.3, -0.25) is 9.79 Å². The fraction of sp³-hybridized carbons (Fsp3) is 0.600. The van der Waals surface area contributed by atoms with Crippen molar-refractivity contribution in [3.05, 3.63) is 29.8 Å². The number of hydrogen-bond acceptors (Lipinski definition) is 3. The summed E-state index contributed by atoms with van der Waals surface area (Å²) < 4.78 is 6.10. The smallest absolute Gasteiger partial charge is 0.242 e. The van der Waals surface area contributed by atoms with E-state index >= 15 is 0 Å². The number of para-hydroxylation sites is 1. The first-order chi connectivity index (χ1) is 12.7. The minimum Gasteiger partial charge on any atom is -0.490 e. The number of nitrogens with zero attached hydrogens (tertiary/aromatic N) is 3. The van der Waals surface area contributed by atoms with Crippen molar-refractivity contribution in [3.8, 4) is 5.75 Å². The van der Waals surface area contributed by atoms with Crippen LogP contribution < -0.4 is 10.1 Å². The molecule has 6 nitrogen and oxygen atoms in total. The first-order valence-electron chi connectivity index (χ1n) is 9.74. The van der Waals surface area contributed by atoms with Crippen LogP contribution in [0.3, 0.4) is 0 Å². The van der Waals surface area contributed by atoms with Crippen LogP contribution in [0.1, 0.15) is 37.7 Å². The lowest BCUT2D eigenvalue weighted by Gasteiger charge is -2.36. The zero-order chi connectivity index (χ0) is 17.9. The Balaban J connectivity index is 0.00000210. The van der Waals surface area contributed by atoms with Gasteiger partial charge in [0.1, 0.15) is 5.75 Å². The minimum absolute atomic E-state index is 0. The van der Waals surface area contributed by atoms with E-state index in [2.05, 4.69) is 21.3 Å². The molecule has 1 aromatic carbocycles. The van der Waals surface area contributed by atoms with Crippen LogP contribution in [0.5, 0.6) is 5.75 Å². The molecular weight excluding hydrogens is 455 g/mol. The molecule has 1 aromatic rings. The Bertz CT molecular complexity index is 688. The van der Waals surface area contributed by atoms with Crippen LogP contribution in [0.2, 0.25) is 0 Å². The summed E-state index contributed by atoms with van der Waals surface area (Å²) in [5, 5.41) is 3.41. The average Bonchev–Trinajstić information content (AvgIpc) is 3.45. The summed E-state index contributed by atoms with van der Waals surface area (Å²) in [5.41, 5.74) is 1.13. The maximum absolute atomic E-state index is 12.4. The molecule has 1 amide bonds. The molecule has 0 atom stereocenters. The molecule has 148 valence electrons.